The molecule has 0 radical (unpaired) electrons. The summed E-state index contributed by atoms with van der Waals surface area (Å²) in [6, 6.07) is 11.4. The number of nitrogens with two attached hydrogens (primary N) is 1. The van der Waals surface area contributed by atoms with E-state index in [1.54, 1.807) is 23.2 Å². The normalized spacial score (nSPS) is 16.0. The van der Waals surface area contributed by atoms with Crippen molar-refractivity contribution in [1.29, 1.82) is 5.26 Å². The first-order valence-electron chi connectivity index (χ1n) is 10.4. The molecule has 3 heterocycles. The molecular weight excluding hydrogens is 409 g/mol. The number of benzene rings is 1. The van der Waals surface area contributed by atoms with Crippen molar-refractivity contribution in [2.45, 2.75) is 18.9 Å². The molecule has 9 heteroatoms. The molecule has 164 valence electrons. The van der Waals surface area contributed by atoms with Crippen molar-refractivity contribution in [3.8, 4) is 23.0 Å². The molecule has 1 aliphatic rings. The number of pyridine rings is 1. The second-order valence-electron chi connectivity index (χ2n) is 8.06. The van der Waals surface area contributed by atoms with Gasteiger partial charge in [0.2, 0.25) is 0 Å². The van der Waals surface area contributed by atoms with Gasteiger partial charge in [-0.3, -0.25) is 4.79 Å². The van der Waals surface area contributed by atoms with Gasteiger partial charge in [0, 0.05) is 51.1 Å². The summed E-state index contributed by atoms with van der Waals surface area (Å²) in [5, 5.41) is 13.5. The number of nitrogens with zero attached hydrogens (tertiary/aromatic N) is 6. The summed E-state index contributed by atoms with van der Waals surface area (Å²) in [6.07, 6.45) is 3.42. The predicted octanol–water partition coefficient (Wildman–Crippen LogP) is 2.57. The van der Waals surface area contributed by atoms with Gasteiger partial charge < -0.3 is 15.5 Å². The van der Waals surface area contributed by atoms with Crippen LogP contribution >= 0.6 is 0 Å². The molecule has 2 aromatic heterocycles. The van der Waals surface area contributed by atoms with Gasteiger partial charge in [0.05, 0.1) is 16.9 Å². The fourth-order valence-corrected chi connectivity index (χ4v) is 3.77. The van der Waals surface area contributed by atoms with Gasteiger partial charge in [-0.15, -0.1) is 0 Å². The first kappa shape index (κ1) is 21.5. The van der Waals surface area contributed by atoms with Crippen molar-refractivity contribution >= 4 is 11.7 Å². The van der Waals surface area contributed by atoms with E-state index in [0.29, 0.717) is 24.5 Å². The number of hydrogen-bond donors (Lipinski definition) is 1. The van der Waals surface area contributed by atoms with Crippen LogP contribution < -0.4 is 10.6 Å². The molecule has 1 saturated heterocycles. The average molecular weight is 433 g/mol. The van der Waals surface area contributed by atoms with E-state index in [9.17, 15) is 9.18 Å². The third-order valence-corrected chi connectivity index (χ3v) is 5.49. The number of piperidine rings is 1. The Morgan fingerprint density at radius 1 is 1.28 bits per heavy atom. The molecule has 32 heavy (non-hydrogen) atoms. The Labute approximate surface area is 185 Å². The summed E-state index contributed by atoms with van der Waals surface area (Å²) in [5.74, 6) is -0.0858. The number of anilines is 1. The zero-order chi connectivity index (χ0) is 22.8. The van der Waals surface area contributed by atoms with Crippen LogP contribution in [0.2, 0.25) is 0 Å². The van der Waals surface area contributed by atoms with Gasteiger partial charge in [0.1, 0.15) is 17.7 Å². The molecule has 0 spiro atoms. The third kappa shape index (κ3) is 4.18. The largest absolute Gasteiger partial charge is 0.363 e. The van der Waals surface area contributed by atoms with E-state index in [2.05, 4.69) is 10.1 Å². The Balaban J connectivity index is 1.79. The second-order valence-corrected chi connectivity index (χ2v) is 8.06. The fraction of sp³-hybridized carbons (Fsp3) is 0.304. The number of carbonyl (C=O) groups is 1. The summed E-state index contributed by atoms with van der Waals surface area (Å²) < 4.78 is 15.8. The molecule has 2 N–H and O–H groups in total. The van der Waals surface area contributed by atoms with E-state index in [1.807, 2.05) is 37.2 Å². The molecule has 0 bridgehead atoms. The molecule has 1 fully saturated rings. The van der Waals surface area contributed by atoms with Crippen LogP contribution in [0.3, 0.4) is 0 Å². The highest BCUT2D eigenvalue weighted by Crippen LogP contribution is 2.27. The van der Waals surface area contributed by atoms with Crippen LogP contribution in [0.15, 0.2) is 42.6 Å². The number of halogens is 1. The number of hydrogen-bond acceptors (Lipinski definition) is 6. The maximum atomic E-state index is 14.3. The van der Waals surface area contributed by atoms with Gasteiger partial charge in [-0.2, -0.15) is 10.4 Å². The minimum absolute atomic E-state index is 0.0512. The SMILES string of the molecule is CN(C)c1ccc(-c2cc(C(=O)N3CCC[C@@H](N)C3)nn2-c2ccc(C#N)c(F)c2)cn1. The van der Waals surface area contributed by atoms with Crippen LogP contribution in [0.25, 0.3) is 16.9 Å². The van der Waals surface area contributed by atoms with Crippen LogP contribution in [0.4, 0.5) is 10.2 Å². The van der Waals surface area contributed by atoms with Gasteiger partial charge in [-0.1, -0.05) is 0 Å². The van der Waals surface area contributed by atoms with Crippen LogP contribution in [0, 0.1) is 17.1 Å². The lowest BCUT2D eigenvalue weighted by Gasteiger charge is -2.30. The Hall–Kier alpha value is -3.77. The highest BCUT2D eigenvalue weighted by Gasteiger charge is 2.26. The van der Waals surface area contributed by atoms with Crippen LogP contribution in [0.1, 0.15) is 28.9 Å². The lowest BCUT2D eigenvalue weighted by atomic mass is 10.1. The fourth-order valence-electron chi connectivity index (χ4n) is 3.77. The van der Waals surface area contributed by atoms with Crippen LogP contribution in [-0.2, 0) is 0 Å². The molecule has 1 amide bonds. The summed E-state index contributed by atoms with van der Waals surface area (Å²) in [6.45, 7) is 1.10. The van der Waals surface area contributed by atoms with E-state index in [0.717, 1.165) is 24.2 Å². The first-order chi connectivity index (χ1) is 15.4. The molecule has 1 atom stereocenters. The minimum atomic E-state index is -0.651. The maximum Gasteiger partial charge on any atom is 0.274 e. The molecular formula is C23H24FN7O. The lowest BCUT2D eigenvalue weighted by molar-refractivity contribution is 0.0702. The minimum Gasteiger partial charge on any atom is -0.363 e. The van der Waals surface area contributed by atoms with E-state index in [-0.39, 0.29) is 23.2 Å². The Morgan fingerprint density at radius 3 is 2.72 bits per heavy atom. The number of aromatic nitrogens is 3. The topological polar surface area (TPSA) is 104 Å². The van der Waals surface area contributed by atoms with E-state index >= 15 is 0 Å². The molecule has 3 aromatic rings. The number of nitriles is 1. The molecule has 0 saturated carbocycles. The molecule has 1 aliphatic heterocycles. The van der Waals surface area contributed by atoms with Crippen molar-refractivity contribution in [3.05, 3.63) is 59.7 Å². The Kier molecular flexibility index (Phi) is 5.88. The highest BCUT2D eigenvalue weighted by molar-refractivity contribution is 5.93. The monoisotopic (exact) mass is 433 g/mol. The average Bonchev–Trinajstić information content (AvgIpc) is 3.24. The molecule has 1 aromatic carbocycles. The Bertz CT molecular complexity index is 1180. The Morgan fingerprint density at radius 2 is 2.09 bits per heavy atom. The van der Waals surface area contributed by atoms with Crippen molar-refractivity contribution < 1.29 is 9.18 Å². The predicted molar refractivity (Wildman–Crippen MR) is 119 cm³/mol. The number of likely N-dealkylation sites (tertiary alicyclic amines) is 1. The summed E-state index contributed by atoms with van der Waals surface area (Å²) in [5.41, 5.74) is 7.95. The molecule has 0 unspecified atom stereocenters. The zero-order valence-electron chi connectivity index (χ0n) is 18.0. The smallest absolute Gasteiger partial charge is 0.274 e. The van der Waals surface area contributed by atoms with Gasteiger partial charge in [-0.05, 0) is 43.2 Å². The van der Waals surface area contributed by atoms with Crippen molar-refractivity contribution in [3.63, 3.8) is 0 Å². The van der Waals surface area contributed by atoms with E-state index < -0.39 is 5.82 Å². The van der Waals surface area contributed by atoms with Gasteiger partial charge in [0.25, 0.3) is 5.91 Å². The summed E-state index contributed by atoms with van der Waals surface area (Å²) in [4.78, 5) is 21.2. The maximum absolute atomic E-state index is 14.3. The highest BCUT2D eigenvalue weighted by atomic mass is 19.1. The molecule has 4 rings (SSSR count). The van der Waals surface area contributed by atoms with E-state index in [4.69, 9.17) is 11.0 Å². The third-order valence-electron chi connectivity index (χ3n) is 5.49. The van der Waals surface area contributed by atoms with Gasteiger partial charge in [-0.25, -0.2) is 14.1 Å². The number of carbonyl (C=O) groups excluding carboxylic acids is 1. The summed E-state index contributed by atoms with van der Waals surface area (Å²) >= 11 is 0. The molecule has 0 aliphatic carbocycles. The summed E-state index contributed by atoms with van der Waals surface area (Å²) in [7, 11) is 3.79. The second kappa shape index (κ2) is 8.77. The van der Waals surface area contributed by atoms with Gasteiger partial charge >= 0.3 is 0 Å². The first-order valence-corrected chi connectivity index (χ1v) is 10.4. The lowest BCUT2D eigenvalue weighted by Crippen LogP contribution is -2.45. The van der Waals surface area contributed by atoms with Crippen molar-refractivity contribution in [2.75, 3.05) is 32.1 Å². The molecule has 8 nitrogen and oxygen atoms in total. The number of rotatable bonds is 4. The number of amides is 1. The van der Waals surface area contributed by atoms with Crippen LogP contribution in [-0.4, -0.2) is 58.8 Å². The van der Waals surface area contributed by atoms with E-state index in [1.165, 1.54) is 16.8 Å². The zero-order valence-corrected chi connectivity index (χ0v) is 18.0. The van der Waals surface area contributed by atoms with Gasteiger partial charge in [0.15, 0.2) is 5.69 Å². The van der Waals surface area contributed by atoms with Crippen molar-refractivity contribution in [1.82, 2.24) is 19.7 Å². The van der Waals surface area contributed by atoms with Crippen LogP contribution in [0.5, 0.6) is 0 Å². The van der Waals surface area contributed by atoms with Crippen molar-refractivity contribution in [2.24, 2.45) is 5.73 Å². The quantitative estimate of drug-likeness (QED) is 0.678. The standard InChI is InChI=1S/C23H24FN7O/c1-29(2)22-8-6-16(13-27-22)21-11-20(23(32)30-9-3-4-17(26)14-30)28-31(21)18-7-5-15(12-25)19(24)10-18/h5-8,10-11,13,17H,3-4,9,14,26H2,1-2H3/t17-/m1/s1.